The first-order valence-electron chi connectivity index (χ1n) is 3.50. The van der Waals surface area contributed by atoms with Gasteiger partial charge in [0.1, 0.15) is 5.54 Å². The Hall–Kier alpha value is 0.180. The molecule has 0 radical (unpaired) electrons. The Bertz CT molecular complexity index is 153. The minimum absolute atomic E-state index is 0.498. The average molecular weight is 250 g/mol. The molecule has 0 atom stereocenters. The smallest absolute Gasteiger partial charge is 0.104 e. The minimum Gasteiger partial charge on any atom is -0.313 e. The SMILES string of the molecule is N#CC1(N)CCC(I)CC1. The van der Waals surface area contributed by atoms with E-state index in [2.05, 4.69) is 28.7 Å². The zero-order valence-corrected chi connectivity index (χ0v) is 7.97. The molecule has 0 aromatic carbocycles. The van der Waals surface area contributed by atoms with E-state index < -0.39 is 5.54 Å². The highest BCUT2D eigenvalue weighted by Crippen LogP contribution is 2.29. The van der Waals surface area contributed by atoms with Crippen LogP contribution in [0.5, 0.6) is 0 Å². The summed E-state index contributed by atoms with van der Waals surface area (Å²) in [6, 6.07) is 2.18. The lowest BCUT2D eigenvalue weighted by atomic mass is 9.84. The highest BCUT2D eigenvalue weighted by Gasteiger charge is 2.30. The number of rotatable bonds is 0. The highest BCUT2D eigenvalue weighted by molar-refractivity contribution is 14.1. The van der Waals surface area contributed by atoms with Crippen LogP contribution in [0.25, 0.3) is 0 Å². The number of halogens is 1. The van der Waals surface area contributed by atoms with Gasteiger partial charge in [0.25, 0.3) is 0 Å². The molecule has 0 amide bonds. The summed E-state index contributed by atoms with van der Waals surface area (Å²) in [5.41, 5.74) is 5.26. The van der Waals surface area contributed by atoms with E-state index in [1.54, 1.807) is 0 Å². The summed E-state index contributed by atoms with van der Waals surface area (Å²) in [5.74, 6) is 0. The van der Waals surface area contributed by atoms with Gasteiger partial charge in [0, 0.05) is 3.92 Å². The van der Waals surface area contributed by atoms with Crippen LogP contribution in [0.4, 0.5) is 0 Å². The summed E-state index contributed by atoms with van der Waals surface area (Å²) in [4.78, 5) is 0. The molecule has 0 aromatic rings. The van der Waals surface area contributed by atoms with Crippen LogP contribution in [0.2, 0.25) is 0 Å². The van der Waals surface area contributed by atoms with Gasteiger partial charge in [-0.2, -0.15) is 5.26 Å². The van der Waals surface area contributed by atoms with E-state index in [0.29, 0.717) is 0 Å². The summed E-state index contributed by atoms with van der Waals surface area (Å²) >= 11 is 2.42. The van der Waals surface area contributed by atoms with Gasteiger partial charge in [-0.25, -0.2) is 0 Å². The number of nitrogens with zero attached hydrogens (tertiary/aromatic N) is 1. The van der Waals surface area contributed by atoms with Crippen LogP contribution in [-0.4, -0.2) is 9.46 Å². The van der Waals surface area contributed by atoms with E-state index in [1.807, 2.05) is 0 Å². The fourth-order valence-corrected chi connectivity index (χ4v) is 1.83. The summed E-state index contributed by atoms with van der Waals surface area (Å²) in [7, 11) is 0. The Balaban J connectivity index is 2.48. The molecule has 0 bridgehead atoms. The maximum absolute atomic E-state index is 8.66. The second kappa shape index (κ2) is 3.05. The summed E-state index contributed by atoms with van der Waals surface area (Å²) in [6.45, 7) is 0. The fraction of sp³-hybridized carbons (Fsp3) is 0.857. The van der Waals surface area contributed by atoms with E-state index in [1.165, 1.54) is 0 Å². The molecule has 0 saturated heterocycles. The van der Waals surface area contributed by atoms with Gasteiger partial charge in [-0.1, -0.05) is 22.6 Å². The van der Waals surface area contributed by atoms with E-state index in [-0.39, 0.29) is 0 Å². The largest absolute Gasteiger partial charge is 0.313 e. The van der Waals surface area contributed by atoms with Crippen LogP contribution in [0.1, 0.15) is 25.7 Å². The summed E-state index contributed by atoms with van der Waals surface area (Å²) in [5, 5.41) is 8.66. The van der Waals surface area contributed by atoms with Crippen molar-refractivity contribution in [3.8, 4) is 6.07 Å². The van der Waals surface area contributed by atoms with Gasteiger partial charge in [0.05, 0.1) is 6.07 Å². The van der Waals surface area contributed by atoms with Crippen molar-refractivity contribution < 1.29 is 0 Å². The molecular formula is C7H11IN2. The van der Waals surface area contributed by atoms with Crippen LogP contribution in [-0.2, 0) is 0 Å². The first kappa shape index (κ1) is 8.28. The monoisotopic (exact) mass is 250 g/mol. The third kappa shape index (κ3) is 1.83. The molecule has 0 aliphatic heterocycles. The molecule has 2 nitrogen and oxygen atoms in total. The first-order valence-corrected chi connectivity index (χ1v) is 4.75. The summed E-state index contributed by atoms with van der Waals surface area (Å²) < 4.78 is 0.739. The highest BCUT2D eigenvalue weighted by atomic mass is 127. The zero-order valence-electron chi connectivity index (χ0n) is 5.81. The third-order valence-electron chi connectivity index (χ3n) is 2.03. The van der Waals surface area contributed by atoms with Crippen molar-refractivity contribution in [3.63, 3.8) is 0 Å². The lowest BCUT2D eigenvalue weighted by molar-refractivity contribution is 0.381. The fourth-order valence-electron chi connectivity index (χ4n) is 1.21. The number of nitriles is 1. The Morgan fingerprint density at radius 1 is 1.50 bits per heavy atom. The number of nitrogens with two attached hydrogens (primary N) is 1. The molecule has 56 valence electrons. The summed E-state index contributed by atoms with van der Waals surface area (Å²) in [6.07, 6.45) is 3.95. The van der Waals surface area contributed by atoms with E-state index >= 15 is 0 Å². The van der Waals surface area contributed by atoms with Gasteiger partial charge in [-0.15, -0.1) is 0 Å². The van der Waals surface area contributed by atoms with Crippen LogP contribution < -0.4 is 5.73 Å². The Morgan fingerprint density at radius 2 is 2.00 bits per heavy atom. The minimum atomic E-state index is -0.498. The van der Waals surface area contributed by atoms with Crippen molar-refractivity contribution in [2.75, 3.05) is 0 Å². The van der Waals surface area contributed by atoms with Crippen molar-refractivity contribution in [2.45, 2.75) is 35.1 Å². The van der Waals surface area contributed by atoms with Gasteiger partial charge >= 0.3 is 0 Å². The van der Waals surface area contributed by atoms with Crippen LogP contribution in [0.3, 0.4) is 0 Å². The van der Waals surface area contributed by atoms with Crippen molar-refractivity contribution in [2.24, 2.45) is 5.73 Å². The lowest BCUT2D eigenvalue weighted by Gasteiger charge is -2.28. The quantitative estimate of drug-likeness (QED) is 0.524. The maximum Gasteiger partial charge on any atom is 0.104 e. The molecule has 1 rings (SSSR count). The zero-order chi connectivity index (χ0) is 7.61. The van der Waals surface area contributed by atoms with Crippen molar-refractivity contribution in [3.05, 3.63) is 0 Å². The Labute approximate surface area is 74.9 Å². The van der Waals surface area contributed by atoms with E-state index in [0.717, 1.165) is 29.6 Å². The maximum atomic E-state index is 8.66. The normalized spacial score (nSPS) is 40.7. The molecule has 0 heterocycles. The lowest BCUT2D eigenvalue weighted by Crippen LogP contribution is -2.41. The molecule has 1 saturated carbocycles. The predicted molar refractivity (Wildman–Crippen MR) is 48.8 cm³/mol. The molecule has 0 spiro atoms. The van der Waals surface area contributed by atoms with E-state index in [9.17, 15) is 0 Å². The van der Waals surface area contributed by atoms with Gasteiger partial charge in [0.15, 0.2) is 0 Å². The van der Waals surface area contributed by atoms with Crippen molar-refractivity contribution >= 4 is 22.6 Å². The number of hydrogen-bond acceptors (Lipinski definition) is 2. The van der Waals surface area contributed by atoms with Gasteiger partial charge in [0.2, 0.25) is 0 Å². The molecule has 1 aliphatic rings. The van der Waals surface area contributed by atoms with Gasteiger partial charge in [-0.3, -0.25) is 0 Å². The predicted octanol–water partition coefficient (Wildman–Crippen LogP) is 1.59. The molecule has 0 unspecified atom stereocenters. The standard InChI is InChI=1S/C7H11IN2/c8-6-1-3-7(10,5-9)4-2-6/h6H,1-4,10H2. The van der Waals surface area contributed by atoms with Crippen LogP contribution >= 0.6 is 22.6 Å². The second-order valence-corrected chi connectivity index (χ2v) is 4.70. The molecule has 10 heavy (non-hydrogen) atoms. The van der Waals surface area contributed by atoms with Crippen molar-refractivity contribution in [1.82, 2.24) is 0 Å². The Morgan fingerprint density at radius 3 is 2.40 bits per heavy atom. The van der Waals surface area contributed by atoms with Gasteiger partial charge < -0.3 is 5.73 Å². The number of alkyl halides is 1. The molecule has 3 heteroatoms. The van der Waals surface area contributed by atoms with Crippen molar-refractivity contribution in [1.29, 1.82) is 5.26 Å². The first-order chi connectivity index (χ1) is 4.66. The van der Waals surface area contributed by atoms with E-state index in [4.69, 9.17) is 11.0 Å². The average Bonchev–Trinajstić information content (AvgIpc) is 1.96. The Kier molecular flexibility index (Phi) is 2.53. The van der Waals surface area contributed by atoms with Crippen LogP contribution in [0.15, 0.2) is 0 Å². The molecular weight excluding hydrogens is 239 g/mol. The molecule has 2 N–H and O–H groups in total. The third-order valence-corrected chi connectivity index (χ3v) is 3.28. The molecule has 0 aromatic heterocycles. The molecule has 1 aliphatic carbocycles. The second-order valence-electron chi connectivity index (χ2n) is 2.94. The number of hydrogen-bond donors (Lipinski definition) is 1. The topological polar surface area (TPSA) is 49.8 Å². The van der Waals surface area contributed by atoms with Crippen LogP contribution in [0, 0.1) is 11.3 Å². The molecule has 1 fully saturated rings. The van der Waals surface area contributed by atoms with Gasteiger partial charge in [-0.05, 0) is 25.7 Å².